The van der Waals surface area contributed by atoms with Crippen molar-refractivity contribution >= 4 is 5.91 Å². The molecule has 0 rings (SSSR count). The number of rotatable bonds is 57. The van der Waals surface area contributed by atoms with Gasteiger partial charge in [-0.15, -0.1) is 0 Å². The maximum absolute atomic E-state index is 12.6. The zero-order valence-corrected chi connectivity index (χ0v) is 46.0. The van der Waals surface area contributed by atoms with E-state index in [9.17, 15) is 20.1 Å². The molecule has 402 valence electrons. The normalized spacial score (nSPS) is 13.4. The second-order valence-electron chi connectivity index (χ2n) is 21.3. The van der Waals surface area contributed by atoms with Crippen LogP contribution in [-0.4, -0.2) is 46.1 Å². The molecule has 0 radical (unpaired) electrons. The lowest BCUT2D eigenvalue weighted by Gasteiger charge is -2.21. The Morgan fingerprint density at radius 2 is 0.632 bits per heavy atom. The number of carbonyl (C=O) groups excluding carboxylic acids is 1. The van der Waals surface area contributed by atoms with Crippen LogP contribution >= 0.6 is 0 Å². The SMILES string of the molecule is CCCCCCCCCCCCC/C=C\C/C=C\CCCCCCCCCCCCCCCCCCC(O)C(=O)NC(CO)C(O)/C=C/CCCCCCCCCCCCCCCCCCCC. The van der Waals surface area contributed by atoms with Crippen LogP contribution < -0.4 is 5.32 Å². The van der Waals surface area contributed by atoms with Gasteiger partial charge in [0.1, 0.15) is 6.10 Å². The van der Waals surface area contributed by atoms with Crippen molar-refractivity contribution in [3.8, 4) is 0 Å². The van der Waals surface area contributed by atoms with E-state index in [4.69, 9.17) is 0 Å². The Bertz CT molecular complexity index is 1060. The first-order chi connectivity index (χ1) is 33.6. The summed E-state index contributed by atoms with van der Waals surface area (Å²) in [4.78, 5) is 12.6. The summed E-state index contributed by atoms with van der Waals surface area (Å²) in [7, 11) is 0. The molecule has 0 bridgehead atoms. The highest BCUT2D eigenvalue weighted by Crippen LogP contribution is 2.18. The van der Waals surface area contributed by atoms with Gasteiger partial charge in [-0.05, 0) is 51.4 Å². The summed E-state index contributed by atoms with van der Waals surface area (Å²) < 4.78 is 0. The van der Waals surface area contributed by atoms with Gasteiger partial charge in [0.25, 0.3) is 0 Å². The molecule has 0 aromatic heterocycles. The highest BCUT2D eigenvalue weighted by atomic mass is 16.3. The van der Waals surface area contributed by atoms with Crippen molar-refractivity contribution in [3.05, 3.63) is 36.5 Å². The number of nitrogens with one attached hydrogen (secondary N) is 1. The average Bonchev–Trinajstić information content (AvgIpc) is 3.34. The van der Waals surface area contributed by atoms with E-state index < -0.39 is 24.2 Å². The van der Waals surface area contributed by atoms with E-state index in [1.54, 1.807) is 6.08 Å². The van der Waals surface area contributed by atoms with E-state index in [0.29, 0.717) is 6.42 Å². The smallest absolute Gasteiger partial charge is 0.249 e. The van der Waals surface area contributed by atoms with Crippen molar-refractivity contribution in [3.63, 3.8) is 0 Å². The highest BCUT2D eigenvalue weighted by Gasteiger charge is 2.22. The number of amides is 1. The van der Waals surface area contributed by atoms with E-state index in [0.717, 1.165) is 38.5 Å². The molecule has 4 N–H and O–H groups in total. The van der Waals surface area contributed by atoms with E-state index >= 15 is 0 Å². The van der Waals surface area contributed by atoms with Crippen molar-refractivity contribution in [1.29, 1.82) is 0 Å². The van der Waals surface area contributed by atoms with Gasteiger partial charge in [-0.25, -0.2) is 0 Å². The Morgan fingerprint density at radius 1 is 0.368 bits per heavy atom. The van der Waals surface area contributed by atoms with Crippen LogP contribution in [0.25, 0.3) is 0 Å². The molecule has 0 spiro atoms. The van der Waals surface area contributed by atoms with Gasteiger partial charge in [-0.2, -0.15) is 0 Å². The van der Waals surface area contributed by atoms with Crippen molar-refractivity contribution in [2.75, 3.05) is 6.61 Å². The molecule has 68 heavy (non-hydrogen) atoms. The lowest BCUT2D eigenvalue weighted by atomic mass is 10.0. The van der Waals surface area contributed by atoms with Crippen LogP contribution in [0.1, 0.15) is 335 Å². The standard InChI is InChI=1S/C63H121NO4/c1-3-5-7-9-11-13-15-17-19-21-23-25-26-27-28-29-30-31-32-33-34-35-36-37-38-40-42-44-46-48-50-52-54-56-58-62(67)63(68)64-60(59-65)61(66)57-55-53-51-49-47-45-43-41-39-24-22-20-18-16-14-12-10-8-6-4-2/h26-27,29-30,55,57,60-62,65-67H,3-25,28,31-54,56,58-59H2,1-2H3,(H,64,68)/b27-26-,30-29-,57-55+. The molecule has 0 aliphatic carbocycles. The van der Waals surface area contributed by atoms with Crippen molar-refractivity contribution in [2.24, 2.45) is 0 Å². The summed E-state index contributed by atoms with van der Waals surface area (Å²) in [6, 6.07) is -0.798. The van der Waals surface area contributed by atoms with Crippen LogP contribution in [0.4, 0.5) is 0 Å². The van der Waals surface area contributed by atoms with E-state index in [-0.39, 0.29) is 6.61 Å². The Morgan fingerprint density at radius 3 is 0.926 bits per heavy atom. The molecule has 0 saturated carbocycles. The molecule has 3 atom stereocenters. The minimum Gasteiger partial charge on any atom is -0.394 e. The summed E-state index contributed by atoms with van der Waals surface area (Å²) >= 11 is 0. The quantitative estimate of drug-likeness (QED) is 0.0361. The van der Waals surface area contributed by atoms with Gasteiger partial charge in [0, 0.05) is 0 Å². The van der Waals surface area contributed by atoms with Crippen LogP contribution in [-0.2, 0) is 4.79 Å². The summed E-state index contributed by atoms with van der Waals surface area (Å²) in [5.74, 6) is -0.498. The number of aliphatic hydroxyl groups is 3. The van der Waals surface area contributed by atoms with E-state index in [1.807, 2.05) is 6.08 Å². The third kappa shape index (κ3) is 52.4. The average molecular weight is 957 g/mol. The lowest BCUT2D eigenvalue weighted by molar-refractivity contribution is -0.131. The molecule has 1 amide bonds. The molecular formula is C63H121NO4. The molecule has 3 unspecified atom stereocenters. The molecule has 0 aromatic rings. The molecule has 0 aromatic carbocycles. The van der Waals surface area contributed by atoms with Crippen LogP contribution in [0.3, 0.4) is 0 Å². The fourth-order valence-electron chi connectivity index (χ4n) is 9.69. The maximum Gasteiger partial charge on any atom is 0.249 e. The van der Waals surface area contributed by atoms with Crippen LogP contribution in [0.5, 0.6) is 0 Å². The second kappa shape index (κ2) is 58.1. The zero-order chi connectivity index (χ0) is 49.3. The number of hydrogen-bond acceptors (Lipinski definition) is 4. The zero-order valence-electron chi connectivity index (χ0n) is 46.0. The summed E-state index contributed by atoms with van der Waals surface area (Å²) in [6.45, 7) is 4.22. The Balaban J connectivity index is 3.52. The van der Waals surface area contributed by atoms with Crippen molar-refractivity contribution in [1.82, 2.24) is 5.32 Å². The Labute approximate surface area is 425 Å². The summed E-state index contributed by atoms with van der Waals surface area (Å²) in [6.07, 6.45) is 76.7. The molecule has 0 heterocycles. The number of unbranched alkanes of at least 4 members (excludes halogenated alkanes) is 45. The molecule has 0 aliphatic heterocycles. The topological polar surface area (TPSA) is 89.8 Å². The molecule has 0 aliphatic rings. The fourth-order valence-corrected chi connectivity index (χ4v) is 9.69. The van der Waals surface area contributed by atoms with Crippen LogP contribution in [0.2, 0.25) is 0 Å². The largest absolute Gasteiger partial charge is 0.394 e. The number of allylic oxidation sites excluding steroid dienone is 5. The number of hydrogen-bond donors (Lipinski definition) is 4. The van der Waals surface area contributed by atoms with E-state index in [1.165, 1.54) is 276 Å². The molecule has 0 fully saturated rings. The van der Waals surface area contributed by atoms with Gasteiger partial charge >= 0.3 is 0 Å². The van der Waals surface area contributed by atoms with Crippen LogP contribution in [0.15, 0.2) is 36.5 Å². The third-order valence-electron chi connectivity index (χ3n) is 14.5. The predicted octanol–water partition coefficient (Wildman–Crippen LogP) is 19.4. The van der Waals surface area contributed by atoms with Gasteiger partial charge in [-0.1, -0.05) is 320 Å². The highest BCUT2D eigenvalue weighted by molar-refractivity contribution is 5.80. The second-order valence-corrected chi connectivity index (χ2v) is 21.3. The Kier molecular flexibility index (Phi) is 56.9. The first-order valence-corrected chi connectivity index (χ1v) is 30.8. The first kappa shape index (κ1) is 66.6. The minimum absolute atomic E-state index is 0.361. The third-order valence-corrected chi connectivity index (χ3v) is 14.5. The number of aliphatic hydroxyl groups excluding tert-OH is 3. The van der Waals surface area contributed by atoms with Crippen molar-refractivity contribution in [2.45, 2.75) is 353 Å². The van der Waals surface area contributed by atoms with Crippen LogP contribution in [0, 0.1) is 0 Å². The molecule has 5 heteroatoms. The lowest BCUT2D eigenvalue weighted by Crippen LogP contribution is -2.48. The number of carbonyl (C=O) groups is 1. The minimum atomic E-state index is -1.10. The summed E-state index contributed by atoms with van der Waals surface area (Å²) in [5, 5.41) is 33.4. The van der Waals surface area contributed by atoms with Crippen molar-refractivity contribution < 1.29 is 20.1 Å². The summed E-state index contributed by atoms with van der Waals surface area (Å²) in [5.41, 5.74) is 0. The van der Waals surface area contributed by atoms with Gasteiger partial charge in [-0.3, -0.25) is 4.79 Å². The van der Waals surface area contributed by atoms with Gasteiger partial charge < -0.3 is 20.6 Å². The fraction of sp³-hybridized carbons (Fsp3) is 0.889. The maximum atomic E-state index is 12.6. The molecule has 0 saturated heterocycles. The Hall–Kier alpha value is -1.43. The van der Waals surface area contributed by atoms with Gasteiger partial charge in [0.05, 0.1) is 18.8 Å². The monoisotopic (exact) mass is 956 g/mol. The predicted molar refractivity (Wildman–Crippen MR) is 301 cm³/mol. The van der Waals surface area contributed by atoms with Gasteiger partial charge in [0.15, 0.2) is 0 Å². The van der Waals surface area contributed by atoms with E-state index in [2.05, 4.69) is 43.5 Å². The van der Waals surface area contributed by atoms with Gasteiger partial charge in [0.2, 0.25) is 5.91 Å². The molecule has 5 nitrogen and oxygen atoms in total. The molecular weight excluding hydrogens is 835 g/mol. The first-order valence-electron chi connectivity index (χ1n) is 30.8.